The first-order valence-corrected chi connectivity index (χ1v) is 8.50. The summed E-state index contributed by atoms with van der Waals surface area (Å²) in [4.78, 5) is 10.0. The number of sulfonamides is 1. The van der Waals surface area contributed by atoms with Crippen molar-refractivity contribution in [3.8, 4) is 5.75 Å². The zero-order valence-electron chi connectivity index (χ0n) is 13.2. The van der Waals surface area contributed by atoms with Gasteiger partial charge in [-0.2, -0.15) is 0 Å². The molecule has 0 aliphatic carbocycles. The highest BCUT2D eigenvalue weighted by molar-refractivity contribution is 7.89. The summed E-state index contributed by atoms with van der Waals surface area (Å²) in [5.41, 5.74) is -0.219. The Morgan fingerprint density at radius 2 is 1.91 bits per heavy atom. The molecule has 0 aromatic heterocycles. The van der Waals surface area contributed by atoms with E-state index in [4.69, 9.17) is 4.74 Å². The maximum Gasteiger partial charge on any atom is 0.273 e. The van der Waals surface area contributed by atoms with Crippen LogP contribution in [0.1, 0.15) is 33.6 Å². The second-order valence-corrected chi connectivity index (χ2v) is 7.27. The normalized spacial score (nSPS) is 13.1. The number of methoxy groups -OCH3 is 1. The van der Waals surface area contributed by atoms with Crippen molar-refractivity contribution in [1.82, 2.24) is 4.72 Å². The lowest BCUT2D eigenvalue weighted by molar-refractivity contribution is -0.385. The number of hydrogen-bond acceptors (Lipinski definition) is 5. The van der Waals surface area contributed by atoms with E-state index in [2.05, 4.69) is 18.6 Å². The first-order valence-electron chi connectivity index (χ1n) is 7.02. The molecule has 8 heteroatoms. The van der Waals surface area contributed by atoms with Gasteiger partial charge in [-0.1, -0.05) is 13.8 Å². The maximum absolute atomic E-state index is 12.4. The molecule has 0 spiro atoms. The second-order valence-electron chi connectivity index (χ2n) is 5.59. The van der Waals surface area contributed by atoms with Gasteiger partial charge in [0.1, 0.15) is 10.6 Å². The van der Waals surface area contributed by atoms with E-state index in [0.717, 1.165) is 18.6 Å². The van der Waals surface area contributed by atoms with Crippen LogP contribution in [0.25, 0.3) is 0 Å². The molecule has 1 atom stereocenters. The van der Waals surface area contributed by atoms with Crippen LogP contribution < -0.4 is 9.46 Å². The van der Waals surface area contributed by atoms with Gasteiger partial charge >= 0.3 is 0 Å². The Bertz CT molecular complexity index is 628. The molecule has 1 rings (SSSR count). The first-order chi connectivity index (χ1) is 10.2. The summed E-state index contributed by atoms with van der Waals surface area (Å²) in [6.07, 6.45) is 1.62. The zero-order valence-corrected chi connectivity index (χ0v) is 14.0. The van der Waals surface area contributed by atoms with Gasteiger partial charge in [0.05, 0.1) is 18.1 Å². The number of ether oxygens (including phenoxy) is 1. The third-order valence-corrected chi connectivity index (χ3v) is 4.81. The van der Waals surface area contributed by atoms with Crippen LogP contribution in [-0.2, 0) is 10.0 Å². The summed E-state index contributed by atoms with van der Waals surface area (Å²) in [7, 11) is -2.51. The van der Waals surface area contributed by atoms with Crippen LogP contribution in [0.2, 0.25) is 0 Å². The standard InChI is InChI=1S/C14H22N2O5S/c1-10(2)5-6-11(3)15-22(19,20)14-8-7-12(16(17)18)9-13(14)21-4/h7-11,15H,5-6H2,1-4H3/t11-/m0/s1. The first kappa shape index (κ1) is 18.4. The van der Waals surface area contributed by atoms with Crippen molar-refractivity contribution >= 4 is 15.7 Å². The van der Waals surface area contributed by atoms with E-state index in [9.17, 15) is 18.5 Å². The molecule has 0 aliphatic rings. The van der Waals surface area contributed by atoms with Crippen molar-refractivity contribution in [3.63, 3.8) is 0 Å². The van der Waals surface area contributed by atoms with E-state index in [1.807, 2.05) is 0 Å². The SMILES string of the molecule is COc1cc([N+](=O)[O-])ccc1S(=O)(=O)N[C@@H](C)CCC(C)C. The van der Waals surface area contributed by atoms with Gasteiger partial charge in [-0.25, -0.2) is 13.1 Å². The molecule has 0 aliphatic heterocycles. The molecule has 1 N–H and O–H groups in total. The molecule has 1 aromatic rings. The molecule has 0 fully saturated rings. The molecule has 0 amide bonds. The Morgan fingerprint density at radius 1 is 1.27 bits per heavy atom. The highest BCUT2D eigenvalue weighted by Crippen LogP contribution is 2.28. The summed E-state index contributed by atoms with van der Waals surface area (Å²) in [5, 5.41) is 10.7. The second kappa shape index (κ2) is 7.55. The van der Waals surface area contributed by atoms with Crippen molar-refractivity contribution in [2.75, 3.05) is 7.11 Å². The average molecular weight is 330 g/mol. The van der Waals surface area contributed by atoms with Gasteiger partial charge in [-0.15, -0.1) is 0 Å². The summed E-state index contributed by atoms with van der Waals surface area (Å²) in [5.74, 6) is 0.443. The minimum atomic E-state index is -3.79. The molecular weight excluding hydrogens is 308 g/mol. The van der Waals surface area contributed by atoms with E-state index in [1.165, 1.54) is 13.2 Å². The van der Waals surface area contributed by atoms with Crippen molar-refractivity contribution < 1.29 is 18.1 Å². The van der Waals surface area contributed by atoms with Crippen LogP contribution in [0, 0.1) is 16.0 Å². The van der Waals surface area contributed by atoms with E-state index >= 15 is 0 Å². The fourth-order valence-electron chi connectivity index (χ4n) is 1.96. The lowest BCUT2D eigenvalue weighted by Gasteiger charge is -2.16. The van der Waals surface area contributed by atoms with Crippen molar-refractivity contribution in [2.45, 2.75) is 44.6 Å². The zero-order chi connectivity index (χ0) is 16.9. The minimum absolute atomic E-state index is 0.0437. The Morgan fingerprint density at radius 3 is 2.41 bits per heavy atom. The largest absolute Gasteiger partial charge is 0.495 e. The Balaban J connectivity index is 2.99. The minimum Gasteiger partial charge on any atom is -0.495 e. The number of non-ortho nitro benzene ring substituents is 1. The lowest BCUT2D eigenvalue weighted by atomic mass is 10.1. The van der Waals surface area contributed by atoms with Crippen LogP contribution in [0.5, 0.6) is 5.75 Å². The Hall–Kier alpha value is -1.67. The highest BCUT2D eigenvalue weighted by Gasteiger charge is 2.23. The third kappa shape index (κ3) is 4.96. The third-order valence-electron chi connectivity index (χ3n) is 3.18. The smallest absolute Gasteiger partial charge is 0.273 e. The molecule has 0 saturated carbocycles. The Kier molecular flexibility index (Phi) is 6.31. The molecule has 0 radical (unpaired) electrons. The molecule has 1 aromatic carbocycles. The molecule has 0 heterocycles. The molecule has 0 unspecified atom stereocenters. The van der Waals surface area contributed by atoms with Gasteiger partial charge in [0, 0.05) is 12.1 Å². The highest BCUT2D eigenvalue weighted by atomic mass is 32.2. The fraction of sp³-hybridized carbons (Fsp3) is 0.571. The Labute approximate surface area is 130 Å². The van der Waals surface area contributed by atoms with Crippen LogP contribution in [0.4, 0.5) is 5.69 Å². The van der Waals surface area contributed by atoms with Gasteiger partial charge in [0.25, 0.3) is 5.69 Å². The quantitative estimate of drug-likeness (QED) is 0.583. The van der Waals surface area contributed by atoms with Crippen molar-refractivity contribution in [2.24, 2.45) is 5.92 Å². The number of nitrogens with zero attached hydrogens (tertiary/aromatic N) is 1. The van der Waals surface area contributed by atoms with Crippen molar-refractivity contribution in [3.05, 3.63) is 28.3 Å². The van der Waals surface area contributed by atoms with Gasteiger partial charge < -0.3 is 4.74 Å². The topological polar surface area (TPSA) is 98.5 Å². The predicted molar refractivity (Wildman–Crippen MR) is 83.5 cm³/mol. The van der Waals surface area contributed by atoms with Gasteiger partial charge in [0.15, 0.2) is 0 Å². The number of hydrogen-bond donors (Lipinski definition) is 1. The number of nitro benzene ring substituents is 1. The molecule has 7 nitrogen and oxygen atoms in total. The summed E-state index contributed by atoms with van der Waals surface area (Å²) in [6.45, 7) is 5.93. The lowest BCUT2D eigenvalue weighted by Crippen LogP contribution is -2.33. The van der Waals surface area contributed by atoms with Crippen molar-refractivity contribution in [1.29, 1.82) is 0 Å². The van der Waals surface area contributed by atoms with E-state index in [-0.39, 0.29) is 22.4 Å². The van der Waals surface area contributed by atoms with Gasteiger partial charge in [0.2, 0.25) is 10.0 Å². The maximum atomic E-state index is 12.4. The molecular formula is C14H22N2O5S. The van der Waals surface area contributed by atoms with Crippen LogP contribution in [0.15, 0.2) is 23.1 Å². The fourth-order valence-corrected chi connectivity index (χ4v) is 3.39. The number of rotatable bonds is 8. The van der Waals surface area contributed by atoms with Gasteiger partial charge in [-0.3, -0.25) is 10.1 Å². The summed E-state index contributed by atoms with van der Waals surface area (Å²) in [6, 6.07) is 3.21. The van der Waals surface area contributed by atoms with Gasteiger partial charge in [-0.05, 0) is 31.7 Å². The monoisotopic (exact) mass is 330 g/mol. The number of nitrogens with one attached hydrogen (secondary N) is 1. The average Bonchev–Trinajstić information content (AvgIpc) is 2.43. The number of nitro groups is 1. The number of benzene rings is 1. The molecule has 124 valence electrons. The summed E-state index contributed by atoms with van der Waals surface area (Å²) < 4.78 is 32.3. The molecule has 22 heavy (non-hydrogen) atoms. The molecule has 0 saturated heterocycles. The van der Waals surface area contributed by atoms with E-state index in [1.54, 1.807) is 6.92 Å². The summed E-state index contributed by atoms with van der Waals surface area (Å²) >= 11 is 0. The van der Waals surface area contributed by atoms with Crippen LogP contribution >= 0.6 is 0 Å². The van der Waals surface area contributed by atoms with Crippen LogP contribution in [-0.4, -0.2) is 26.5 Å². The predicted octanol–water partition coefficient (Wildman–Crippen LogP) is 2.71. The van der Waals surface area contributed by atoms with Crippen LogP contribution in [0.3, 0.4) is 0 Å². The van der Waals surface area contributed by atoms with E-state index < -0.39 is 14.9 Å². The molecule has 0 bridgehead atoms. The van der Waals surface area contributed by atoms with E-state index in [0.29, 0.717) is 12.3 Å².